The van der Waals surface area contributed by atoms with Gasteiger partial charge in [0.2, 0.25) is 17.6 Å². The van der Waals surface area contributed by atoms with Crippen LogP contribution < -0.4 is 24.0 Å². The Morgan fingerprint density at radius 2 is 1.73 bits per heavy atom. The molecule has 0 aliphatic carbocycles. The van der Waals surface area contributed by atoms with E-state index in [1.165, 1.54) is 21.3 Å². The molecule has 1 aliphatic rings. The molecule has 0 radical (unpaired) electrons. The van der Waals surface area contributed by atoms with Crippen LogP contribution in [0.5, 0.6) is 17.2 Å². The van der Waals surface area contributed by atoms with Crippen LogP contribution in [0, 0.1) is 5.92 Å². The average molecular weight is 450 g/mol. The van der Waals surface area contributed by atoms with Gasteiger partial charge >= 0.3 is 0 Å². The molecule has 33 heavy (non-hydrogen) atoms. The molecule has 4 rings (SSSR count). The smallest absolute Gasteiger partial charge is 0.232 e. The number of benzene rings is 2. The highest BCUT2D eigenvalue weighted by Gasteiger charge is 2.38. The van der Waals surface area contributed by atoms with Crippen molar-refractivity contribution < 1.29 is 28.2 Å². The van der Waals surface area contributed by atoms with E-state index in [0.717, 1.165) is 5.69 Å². The van der Waals surface area contributed by atoms with E-state index in [0.29, 0.717) is 28.7 Å². The lowest BCUT2D eigenvalue weighted by Gasteiger charge is -2.25. The zero-order valence-corrected chi connectivity index (χ0v) is 18.8. The van der Waals surface area contributed by atoms with E-state index in [9.17, 15) is 9.59 Å². The van der Waals surface area contributed by atoms with Gasteiger partial charge < -0.3 is 28.4 Å². The van der Waals surface area contributed by atoms with E-state index in [1.54, 1.807) is 34.3 Å². The first-order chi connectivity index (χ1) is 16.0. The van der Waals surface area contributed by atoms with Gasteiger partial charge in [-0.05, 0) is 24.3 Å². The summed E-state index contributed by atoms with van der Waals surface area (Å²) < 4.78 is 21.7. The Labute approximate surface area is 192 Å². The molecule has 3 aromatic rings. The third kappa shape index (κ3) is 4.50. The van der Waals surface area contributed by atoms with Crippen molar-refractivity contribution in [1.29, 1.82) is 0 Å². The number of nitrogens with zero attached hydrogens (tertiary/aromatic N) is 2. The minimum absolute atomic E-state index is 0.108. The quantitative estimate of drug-likeness (QED) is 0.518. The van der Waals surface area contributed by atoms with E-state index in [1.807, 2.05) is 36.4 Å². The molecule has 0 bridgehead atoms. The molecule has 1 aromatic heterocycles. The fourth-order valence-corrected chi connectivity index (χ4v) is 4.03. The number of para-hydroxylation sites is 1. The fourth-order valence-electron chi connectivity index (χ4n) is 4.03. The first-order valence-corrected chi connectivity index (χ1v) is 10.5. The Morgan fingerprint density at radius 3 is 2.30 bits per heavy atom. The maximum absolute atomic E-state index is 13.6. The van der Waals surface area contributed by atoms with Crippen LogP contribution in [-0.4, -0.2) is 39.7 Å². The molecule has 8 nitrogen and oxygen atoms in total. The number of methoxy groups -OCH3 is 3. The van der Waals surface area contributed by atoms with Crippen LogP contribution in [0.25, 0.3) is 0 Å². The monoisotopic (exact) mass is 450 g/mol. The lowest BCUT2D eigenvalue weighted by atomic mass is 10.1. The van der Waals surface area contributed by atoms with Crippen molar-refractivity contribution in [3.05, 3.63) is 66.6 Å². The van der Waals surface area contributed by atoms with Gasteiger partial charge in [0.25, 0.3) is 0 Å². The second kappa shape index (κ2) is 9.68. The van der Waals surface area contributed by atoms with Crippen LogP contribution in [0.2, 0.25) is 0 Å². The van der Waals surface area contributed by atoms with Crippen LogP contribution in [0.15, 0.2) is 65.3 Å². The first-order valence-electron chi connectivity index (χ1n) is 10.5. The molecular formula is C25H26N2O6. The number of ether oxygens (including phenoxy) is 3. The van der Waals surface area contributed by atoms with E-state index in [-0.39, 0.29) is 31.3 Å². The second-order valence-electron chi connectivity index (χ2n) is 7.63. The Hall–Kier alpha value is -3.94. The number of hydrogen-bond donors (Lipinski definition) is 0. The van der Waals surface area contributed by atoms with E-state index in [4.69, 9.17) is 18.6 Å². The van der Waals surface area contributed by atoms with E-state index < -0.39 is 5.92 Å². The number of hydrogen-bond acceptors (Lipinski definition) is 6. The summed E-state index contributed by atoms with van der Waals surface area (Å²) >= 11 is 0. The Balaban J connectivity index is 1.61. The molecule has 0 N–H and O–H groups in total. The van der Waals surface area contributed by atoms with Crippen molar-refractivity contribution in [3.8, 4) is 17.2 Å². The van der Waals surface area contributed by atoms with Crippen LogP contribution in [-0.2, 0) is 16.1 Å². The van der Waals surface area contributed by atoms with Crippen LogP contribution in [0.1, 0.15) is 12.2 Å². The molecular weight excluding hydrogens is 424 g/mol. The third-order valence-corrected chi connectivity index (χ3v) is 5.66. The normalized spacial score (nSPS) is 15.4. The topological polar surface area (TPSA) is 81.5 Å². The number of carbonyl (C=O) groups is 2. The number of furan rings is 1. The maximum atomic E-state index is 13.6. The molecule has 8 heteroatoms. The van der Waals surface area contributed by atoms with Crippen molar-refractivity contribution in [3.63, 3.8) is 0 Å². The highest BCUT2D eigenvalue weighted by molar-refractivity contribution is 6.04. The van der Waals surface area contributed by atoms with Gasteiger partial charge in [-0.1, -0.05) is 18.2 Å². The van der Waals surface area contributed by atoms with Gasteiger partial charge in [0.1, 0.15) is 5.76 Å². The zero-order chi connectivity index (χ0) is 23.4. The highest BCUT2D eigenvalue weighted by atomic mass is 16.5. The highest BCUT2D eigenvalue weighted by Crippen LogP contribution is 2.42. The summed E-state index contributed by atoms with van der Waals surface area (Å²) in [5.41, 5.74) is 1.33. The van der Waals surface area contributed by atoms with Gasteiger partial charge in [-0.15, -0.1) is 0 Å². The molecule has 1 atom stereocenters. The van der Waals surface area contributed by atoms with Crippen molar-refractivity contribution in [1.82, 2.24) is 0 Å². The number of amides is 2. The maximum Gasteiger partial charge on any atom is 0.232 e. The Bertz CT molecular complexity index is 1090. The summed E-state index contributed by atoms with van der Waals surface area (Å²) in [6.07, 6.45) is 1.69. The molecule has 1 fully saturated rings. The van der Waals surface area contributed by atoms with Gasteiger partial charge in [-0.3, -0.25) is 9.59 Å². The van der Waals surface area contributed by atoms with Crippen molar-refractivity contribution in [2.75, 3.05) is 37.7 Å². The minimum atomic E-state index is -0.508. The number of carbonyl (C=O) groups excluding carboxylic acids is 2. The summed E-state index contributed by atoms with van der Waals surface area (Å²) in [6.45, 7) is 0.530. The van der Waals surface area contributed by atoms with Gasteiger partial charge in [0.15, 0.2) is 11.5 Å². The molecule has 1 aliphatic heterocycles. The fraction of sp³-hybridized carbons (Fsp3) is 0.280. The van der Waals surface area contributed by atoms with Gasteiger partial charge in [0, 0.05) is 30.8 Å². The van der Waals surface area contributed by atoms with E-state index >= 15 is 0 Å². The van der Waals surface area contributed by atoms with E-state index in [2.05, 4.69) is 0 Å². The van der Waals surface area contributed by atoms with Gasteiger partial charge in [0.05, 0.1) is 45.7 Å². The minimum Gasteiger partial charge on any atom is -0.493 e. The Morgan fingerprint density at radius 1 is 1.03 bits per heavy atom. The van der Waals surface area contributed by atoms with Crippen molar-refractivity contribution in [2.24, 2.45) is 5.92 Å². The summed E-state index contributed by atoms with van der Waals surface area (Å²) in [4.78, 5) is 29.8. The summed E-state index contributed by atoms with van der Waals surface area (Å²) in [5, 5.41) is 0. The molecule has 1 unspecified atom stereocenters. The Kier molecular flexibility index (Phi) is 6.53. The largest absolute Gasteiger partial charge is 0.493 e. The SMILES string of the molecule is COc1cc(N2CC(C(=O)N(Cc3ccco3)c3ccccc3)CC2=O)cc(OC)c1OC. The summed E-state index contributed by atoms with van der Waals surface area (Å²) in [7, 11) is 4.56. The predicted molar refractivity (Wildman–Crippen MR) is 123 cm³/mol. The lowest BCUT2D eigenvalue weighted by Crippen LogP contribution is -2.37. The second-order valence-corrected chi connectivity index (χ2v) is 7.63. The number of anilines is 2. The number of rotatable bonds is 8. The molecule has 2 amide bonds. The summed E-state index contributed by atoms with van der Waals surface area (Å²) in [6, 6.07) is 16.4. The molecule has 0 saturated carbocycles. The predicted octanol–water partition coefficient (Wildman–Crippen LogP) is 3.89. The molecule has 1 saturated heterocycles. The average Bonchev–Trinajstić information content (AvgIpc) is 3.51. The van der Waals surface area contributed by atoms with Crippen LogP contribution in [0.3, 0.4) is 0 Å². The lowest BCUT2D eigenvalue weighted by molar-refractivity contribution is -0.124. The zero-order valence-electron chi connectivity index (χ0n) is 18.8. The molecule has 0 spiro atoms. The van der Waals surface area contributed by atoms with Crippen molar-refractivity contribution >= 4 is 23.2 Å². The third-order valence-electron chi connectivity index (χ3n) is 5.66. The van der Waals surface area contributed by atoms with Gasteiger partial charge in [-0.25, -0.2) is 0 Å². The van der Waals surface area contributed by atoms with Crippen molar-refractivity contribution in [2.45, 2.75) is 13.0 Å². The van der Waals surface area contributed by atoms with Gasteiger partial charge in [-0.2, -0.15) is 0 Å². The first kappa shape index (κ1) is 22.3. The van der Waals surface area contributed by atoms with Crippen LogP contribution in [0.4, 0.5) is 11.4 Å². The van der Waals surface area contributed by atoms with Crippen LogP contribution >= 0.6 is 0 Å². The molecule has 2 aromatic carbocycles. The molecule has 172 valence electrons. The summed E-state index contributed by atoms with van der Waals surface area (Å²) in [5.74, 6) is 1.20. The standard InChI is InChI=1S/C25H26N2O6/c1-30-21-13-19(14-22(31-2)24(21)32-3)26-15-17(12-23(26)28)25(29)27(16-20-10-7-11-33-20)18-8-5-4-6-9-18/h4-11,13-14,17H,12,15-16H2,1-3H3. The molecule has 2 heterocycles.